The minimum atomic E-state index is 0.0388. The highest BCUT2D eigenvalue weighted by molar-refractivity contribution is 6.31. The third kappa shape index (κ3) is 4.64. The Labute approximate surface area is 113 Å². The van der Waals surface area contributed by atoms with Crippen molar-refractivity contribution in [1.82, 2.24) is 4.90 Å². The number of nitrogens with zero attached hydrogens (tertiary/aromatic N) is 1. The molecule has 3 N–H and O–H groups in total. The van der Waals surface area contributed by atoms with Crippen molar-refractivity contribution in [3.8, 4) is 0 Å². The molecule has 0 aliphatic carbocycles. The Kier molecular flexibility index (Phi) is 6.12. The van der Waals surface area contributed by atoms with Crippen LogP contribution in [0.2, 0.25) is 5.02 Å². The zero-order chi connectivity index (χ0) is 13.5. The van der Waals surface area contributed by atoms with Crippen LogP contribution in [0.25, 0.3) is 0 Å². The maximum absolute atomic E-state index is 7.35. The monoisotopic (exact) mass is 269 g/mol. The van der Waals surface area contributed by atoms with Crippen LogP contribution in [0.4, 0.5) is 0 Å². The van der Waals surface area contributed by atoms with E-state index in [0.717, 1.165) is 31.7 Å². The molecule has 0 aromatic heterocycles. The van der Waals surface area contributed by atoms with Crippen LogP contribution < -0.4 is 5.73 Å². The van der Waals surface area contributed by atoms with E-state index >= 15 is 0 Å². The summed E-state index contributed by atoms with van der Waals surface area (Å²) in [5.74, 6) is 0.0388. The molecule has 5 heteroatoms. The van der Waals surface area contributed by atoms with Gasteiger partial charge in [-0.2, -0.15) is 0 Å². The first kappa shape index (κ1) is 15.0. The minimum absolute atomic E-state index is 0.0388. The van der Waals surface area contributed by atoms with Gasteiger partial charge in [-0.1, -0.05) is 23.7 Å². The first-order valence-corrected chi connectivity index (χ1v) is 6.22. The normalized spacial score (nSPS) is 10.9. The second-order valence-corrected chi connectivity index (χ2v) is 4.71. The van der Waals surface area contributed by atoms with Gasteiger partial charge in [0, 0.05) is 37.4 Å². The van der Waals surface area contributed by atoms with Gasteiger partial charge >= 0.3 is 0 Å². The minimum Gasteiger partial charge on any atom is -0.385 e. The van der Waals surface area contributed by atoms with Crippen LogP contribution in [-0.2, 0) is 11.3 Å². The fourth-order valence-electron chi connectivity index (χ4n) is 1.69. The van der Waals surface area contributed by atoms with E-state index < -0.39 is 0 Å². The number of hydrogen-bond donors (Lipinski definition) is 2. The molecule has 1 aromatic carbocycles. The van der Waals surface area contributed by atoms with Gasteiger partial charge < -0.3 is 15.4 Å². The summed E-state index contributed by atoms with van der Waals surface area (Å²) in [4.78, 5) is 2.19. The maximum Gasteiger partial charge on any atom is 0.122 e. The van der Waals surface area contributed by atoms with Gasteiger partial charge in [0.2, 0.25) is 0 Å². The molecule has 0 atom stereocenters. The Bertz CT molecular complexity index is 409. The fraction of sp³-hybridized carbons (Fsp3) is 0.462. The van der Waals surface area contributed by atoms with E-state index in [9.17, 15) is 0 Å². The number of amidine groups is 1. The SMILES string of the molecule is COCCCN(C)Cc1ccc(C(=N)N)cc1Cl. The first-order valence-electron chi connectivity index (χ1n) is 5.85. The number of hydrogen-bond acceptors (Lipinski definition) is 3. The predicted octanol–water partition coefficient (Wildman–Crippen LogP) is 2.09. The van der Waals surface area contributed by atoms with E-state index in [2.05, 4.69) is 4.90 Å². The summed E-state index contributed by atoms with van der Waals surface area (Å²) in [6.07, 6.45) is 0.996. The highest BCUT2D eigenvalue weighted by Gasteiger charge is 2.06. The van der Waals surface area contributed by atoms with Crippen LogP contribution in [0.1, 0.15) is 17.5 Å². The molecule has 1 aromatic rings. The summed E-state index contributed by atoms with van der Waals surface area (Å²) >= 11 is 6.18. The van der Waals surface area contributed by atoms with Gasteiger partial charge in [0.15, 0.2) is 0 Å². The molecule has 100 valence electrons. The predicted molar refractivity (Wildman–Crippen MR) is 75.3 cm³/mol. The molecule has 1 rings (SSSR count). The summed E-state index contributed by atoms with van der Waals surface area (Å²) in [7, 11) is 3.75. The van der Waals surface area contributed by atoms with Crippen LogP contribution in [0.15, 0.2) is 18.2 Å². The smallest absolute Gasteiger partial charge is 0.122 e. The topological polar surface area (TPSA) is 62.3 Å². The van der Waals surface area contributed by atoms with Crippen molar-refractivity contribution >= 4 is 17.4 Å². The lowest BCUT2D eigenvalue weighted by atomic mass is 10.1. The molecule has 0 bridgehead atoms. The number of rotatable bonds is 7. The molecule has 0 aliphatic heterocycles. The quantitative estimate of drug-likeness (QED) is 0.453. The third-order valence-electron chi connectivity index (χ3n) is 2.69. The average molecular weight is 270 g/mol. The van der Waals surface area contributed by atoms with Gasteiger partial charge in [-0.25, -0.2) is 0 Å². The van der Waals surface area contributed by atoms with E-state index in [1.165, 1.54) is 0 Å². The van der Waals surface area contributed by atoms with Gasteiger partial charge in [0.25, 0.3) is 0 Å². The summed E-state index contributed by atoms with van der Waals surface area (Å²) in [5.41, 5.74) is 7.12. The summed E-state index contributed by atoms with van der Waals surface area (Å²) in [5, 5.41) is 8.01. The molecule has 0 saturated heterocycles. The molecule has 0 amide bonds. The van der Waals surface area contributed by atoms with Crippen molar-refractivity contribution in [1.29, 1.82) is 5.41 Å². The Morgan fingerprint density at radius 2 is 2.22 bits per heavy atom. The molecule has 0 saturated carbocycles. The van der Waals surface area contributed by atoms with E-state index in [4.69, 9.17) is 27.5 Å². The van der Waals surface area contributed by atoms with Crippen molar-refractivity contribution in [2.45, 2.75) is 13.0 Å². The molecule has 0 aliphatic rings. The summed E-state index contributed by atoms with van der Waals surface area (Å²) in [6.45, 7) is 2.50. The molecular formula is C13H20ClN3O. The molecule has 18 heavy (non-hydrogen) atoms. The third-order valence-corrected chi connectivity index (χ3v) is 3.04. The Morgan fingerprint density at radius 3 is 2.78 bits per heavy atom. The molecule has 0 radical (unpaired) electrons. The van der Waals surface area contributed by atoms with Crippen molar-refractivity contribution in [2.75, 3.05) is 27.3 Å². The van der Waals surface area contributed by atoms with Crippen molar-refractivity contribution < 1.29 is 4.74 Å². The molecule has 0 fully saturated rings. The Balaban J connectivity index is 2.59. The van der Waals surface area contributed by atoms with Gasteiger partial charge in [-0.05, 0) is 25.1 Å². The van der Waals surface area contributed by atoms with E-state index in [-0.39, 0.29) is 5.84 Å². The lowest BCUT2D eigenvalue weighted by Crippen LogP contribution is -2.20. The van der Waals surface area contributed by atoms with Crippen molar-refractivity contribution in [3.05, 3.63) is 34.3 Å². The lowest BCUT2D eigenvalue weighted by molar-refractivity contribution is 0.178. The lowest BCUT2D eigenvalue weighted by Gasteiger charge is -2.17. The number of methoxy groups -OCH3 is 1. The summed E-state index contributed by atoms with van der Waals surface area (Å²) < 4.78 is 5.02. The van der Waals surface area contributed by atoms with Crippen LogP contribution in [0.3, 0.4) is 0 Å². The van der Waals surface area contributed by atoms with Crippen LogP contribution >= 0.6 is 11.6 Å². The van der Waals surface area contributed by atoms with Crippen LogP contribution in [0, 0.1) is 5.41 Å². The fourth-order valence-corrected chi connectivity index (χ4v) is 1.93. The number of nitrogens with two attached hydrogens (primary N) is 1. The zero-order valence-electron chi connectivity index (χ0n) is 10.9. The number of nitrogen functional groups attached to an aromatic ring is 1. The second-order valence-electron chi connectivity index (χ2n) is 4.30. The maximum atomic E-state index is 7.35. The highest BCUT2D eigenvalue weighted by atomic mass is 35.5. The van der Waals surface area contributed by atoms with Gasteiger partial charge in [0.05, 0.1) is 0 Å². The number of ether oxygens (including phenoxy) is 1. The van der Waals surface area contributed by atoms with Crippen molar-refractivity contribution in [2.24, 2.45) is 5.73 Å². The number of benzene rings is 1. The van der Waals surface area contributed by atoms with Gasteiger partial charge in [-0.15, -0.1) is 0 Å². The molecule has 4 nitrogen and oxygen atoms in total. The van der Waals surface area contributed by atoms with E-state index in [1.807, 2.05) is 19.2 Å². The average Bonchev–Trinajstić information content (AvgIpc) is 2.32. The van der Waals surface area contributed by atoms with E-state index in [0.29, 0.717) is 10.6 Å². The standard InChI is InChI=1S/C13H20ClN3O/c1-17(6-3-7-18-2)9-11-5-4-10(13(15)16)8-12(11)14/h4-5,8H,3,6-7,9H2,1-2H3,(H3,15,16). The molecule has 0 heterocycles. The van der Waals surface area contributed by atoms with E-state index in [1.54, 1.807) is 13.2 Å². The molecular weight excluding hydrogens is 250 g/mol. The van der Waals surface area contributed by atoms with Gasteiger partial charge in [-0.3, -0.25) is 5.41 Å². The Hall–Kier alpha value is -1.10. The second kappa shape index (κ2) is 7.36. The summed E-state index contributed by atoms with van der Waals surface area (Å²) in [6, 6.07) is 5.49. The molecule has 0 unspecified atom stereocenters. The van der Waals surface area contributed by atoms with Crippen LogP contribution in [-0.4, -0.2) is 38.0 Å². The Morgan fingerprint density at radius 1 is 1.50 bits per heavy atom. The first-order chi connectivity index (χ1) is 8.54. The molecule has 0 spiro atoms. The largest absolute Gasteiger partial charge is 0.385 e. The zero-order valence-corrected chi connectivity index (χ0v) is 11.6. The number of halogens is 1. The van der Waals surface area contributed by atoms with Crippen LogP contribution in [0.5, 0.6) is 0 Å². The van der Waals surface area contributed by atoms with Gasteiger partial charge in [0.1, 0.15) is 5.84 Å². The highest BCUT2D eigenvalue weighted by Crippen LogP contribution is 2.19. The van der Waals surface area contributed by atoms with Crippen molar-refractivity contribution in [3.63, 3.8) is 0 Å². The number of nitrogens with one attached hydrogen (secondary N) is 1.